The van der Waals surface area contributed by atoms with E-state index in [4.69, 9.17) is 4.74 Å². The van der Waals surface area contributed by atoms with Crippen LogP contribution in [0.25, 0.3) is 0 Å². The molecule has 0 aliphatic carbocycles. The first-order valence-electron chi connectivity index (χ1n) is 6.41. The molecule has 98 valence electrons. The minimum atomic E-state index is -0.182. The van der Waals surface area contributed by atoms with Gasteiger partial charge in [0.25, 0.3) is 0 Å². The summed E-state index contributed by atoms with van der Waals surface area (Å²) in [6.45, 7) is 1.67. The van der Waals surface area contributed by atoms with E-state index in [2.05, 4.69) is 11.4 Å². The number of nitrogens with one attached hydrogen (secondary N) is 1. The van der Waals surface area contributed by atoms with Gasteiger partial charge in [-0.3, -0.25) is 0 Å². The lowest BCUT2D eigenvalue weighted by atomic mass is 9.85. The van der Waals surface area contributed by atoms with Crippen molar-refractivity contribution in [3.8, 4) is 5.75 Å². The van der Waals surface area contributed by atoms with Crippen molar-refractivity contribution in [3.05, 3.63) is 65.0 Å². The standard InChI is InChI=1S/C16H16FNO/c1-19-14-5-6-15-12(8-14)9-18-10-16(15)11-3-2-4-13(17)7-11/h2-8,16,18H,9-10H2,1H3. The van der Waals surface area contributed by atoms with E-state index in [0.717, 1.165) is 24.4 Å². The first-order valence-corrected chi connectivity index (χ1v) is 6.41. The molecule has 0 amide bonds. The van der Waals surface area contributed by atoms with E-state index in [9.17, 15) is 4.39 Å². The number of hydrogen-bond donors (Lipinski definition) is 1. The highest BCUT2D eigenvalue weighted by Crippen LogP contribution is 2.32. The van der Waals surface area contributed by atoms with Crippen LogP contribution in [-0.2, 0) is 6.54 Å². The van der Waals surface area contributed by atoms with Crippen LogP contribution in [0.3, 0.4) is 0 Å². The number of halogens is 1. The van der Waals surface area contributed by atoms with Gasteiger partial charge in [-0.2, -0.15) is 0 Å². The SMILES string of the molecule is COc1ccc2c(c1)CNCC2c1cccc(F)c1. The van der Waals surface area contributed by atoms with Crippen molar-refractivity contribution in [2.24, 2.45) is 0 Å². The van der Waals surface area contributed by atoms with E-state index in [1.807, 2.05) is 18.2 Å². The minimum absolute atomic E-state index is 0.182. The number of fused-ring (bicyclic) bond motifs is 1. The van der Waals surface area contributed by atoms with Crippen LogP contribution in [-0.4, -0.2) is 13.7 Å². The van der Waals surface area contributed by atoms with E-state index in [-0.39, 0.29) is 11.7 Å². The molecule has 1 heterocycles. The lowest BCUT2D eigenvalue weighted by Crippen LogP contribution is -2.28. The first-order chi connectivity index (χ1) is 9.28. The molecular formula is C16H16FNO. The summed E-state index contributed by atoms with van der Waals surface area (Å²) in [5, 5.41) is 3.38. The maximum Gasteiger partial charge on any atom is 0.123 e. The number of rotatable bonds is 2. The van der Waals surface area contributed by atoms with Gasteiger partial charge in [0.2, 0.25) is 0 Å². The monoisotopic (exact) mass is 257 g/mol. The zero-order chi connectivity index (χ0) is 13.2. The highest BCUT2D eigenvalue weighted by molar-refractivity contribution is 5.44. The van der Waals surface area contributed by atoms with Crippen LogP contribution < -0.4 is 10.1 Å². The van der Waals surface area contributed by atoms with Gasteiger partial charge in [0.05, 0.1) is 7.11 Å². The Morgan fingerprint density at radius 2 is 2.11 bits per heavy atom. The second-order valence-corrected chi connectivity index (χ2v) is 4.80. The van der Waals surface area contributed by atoms with Crippen molar-refractivity contribution in [3.63, 3.8) is 0 Å². The minimum Gasteiger partial charge on any atom is -0.497 e. The summed E-state index contributed by atoms with van der Waals surface area (Å²) >= 11 is 0. The van der Waals surface area contributed by atoms with E-state index in [1.165, 1.54) is 17.2 Å². The van der Waals surface area contributed by atoms with Crippen LogP contribution in [0, 0.1) is 5.82 Å². The van der Waals surface area contributed by atoms with Crippen LogP contribution >= 0.6 is 0 Å². The lowest BCUT2D eigenvalue weighted by molar-refractivity contribution is 0.413. The lowest BCUT2D eigenvalue weighted by Gasteiger charge is -2.27. The molecule has 1 N–H and O–H groups in total. The van der Waals surface area contributed by atoms with Gasteiger partial charge in [-0.15, -0.1) is 0 Å². The largest absolute Gasteiger partial charge is 0.497 e. The van der Waals surface area contributed by atoms with Crippen LogP contribution in [0.2, 0.25) is 0 Å². The fourth-order valence-electron chi connectivity index (χ4n) is 2.68. The first kappa shape index (κ1) is 12.2. The molecule has 1 aliphatic heterocycles. The van der Waals surface area contributed by atoms with Crippen molar-refractivity contribution in [1.29, 1.82) is 0 Å². The van der Waals surface area contributed by atoms with Crippen LogP contribution in [0.5, 0.6) is 5.75 Å². The van der Waals surface area contributed by atoms with E-state index in [1.54, 1.807) is 19.2 Å². The topological polar surface area (TPSA) is 21.3 Å². The summed E-state index contributed by atoms with van der Waals surface area (Å²) in [5.74, 6) is 0.879. The molecular weight excluding hydrogens is 241 g/mol. The molecule has 2 nitrogen and oxygen atoms in total. The Labute approximate surface area is 112 Å². The highest BCUT2D eigenvalue weighted by atomic mass is 19.1. The van der Waals surface area contributed by atoms with Gasteiger partial charge < -0.3 is 10.1 Å². The number of benzene rings is 2. The average Bonchev–Trinajstić information content (AvgIpc) is 2.46. The van der Waals surface area contributed by atoms with Gasteiger partial charge in [0, 0.05) is 19.0 Å². The van der Waals surface area contributed by atoms with Crippen molar-refractivity contribution in [1.82, 2.24) is 5.32 Å². The van der Waals surface area contributed by atoms with E-state index < -0.39 is 0 Å². The summed E-state index contributed by atoms with van der Waals surface area (Å²) in [4.78, 5) is 0. The van der Waals surface area contributed by atoms with Crippen LogP contribution in [0.1, 0.15) is 22.6 Å². The molecule has 2 aromatic carbocycles. The normalized spacial score (nSPS) is 17.9. The van der Waals surface area contributed by atoms with Gasteiger partial charge in [-0.25, -0.2) is 4.39 Å². The molecule has 0 spiro atoms. The molecule has 19 heavy (non-hydrogen) atoms. The fraction of sp³-hybridized carbons (Fsp3) is 0.250. The van der Waals surface area contributed by atoms with E-state index in [0.29, 0.717) is 0 Å². The molecule has 0 aromatic heterocycles. The third-order valence-electron chi connectivity index (χ3n) is 3.64. The second-order valence-electron chi connectivity index (χ2n) is 4.80. The predicted molar refractivity (Wildman–Crippen MR) is 72.9 cm³/mol. The van der Waals surface area contributed by atoms with Gasteiger partial charge in [-0.05, 0) is 41.0 Å². The fourth-order valence-corrected chi connectivity index (χ4v) is 2.68. The smallest absolute Gasteiger partial charge is 0.123 e. The molecule has 1 atom stereocenters. The highest BCUT2D eigenvalue weighted by Gasteiger charge is 2.22. The van der Waals surface area contributed by atoms with Crippen LogP contribution in [0.15, 0.2) is 42.5 Å². The molecule has 0 saturated heterocycles. The van der Waals surface area contributed by atoms with Crippen molar-refractivity contribution in [2.75, 3.05) is 13.7 Å². The molecule has 0 radical (unpaired) electrons. The Morgan fingerprint density at radius 3 is 2.89 bits per heavy atom. The summed E-state index contributed by atoms with van der Waals surface area (Å²) in [7, 11) is 1.67. The summed E-state index contributed by atoms with van der Waals surface area (Å²) in [6.07, 6.45) is 0. The third-order valence-corrected chi connectivity index (χ3v) is 3.64. The van der Waals surface area contributed by atoms with Gasteiger partial charge in [0.1, 0.15) is 11.6 Å². The Bertz CT molecular complexity index is 597. The van der Waals surface area contributed by atoms with Crippen LogP contribution in [0.4, 0.5) is 4.39 Å². The number of ether oxygens (including phenoxy) is 1. The Hall–Kier alpha value is -1.87. The Morgan fingerprint density at radius 1 is 1.21 bits per heavy atom. The summed E-state index contributed by atoms with van der Waals surface area (Å²) in [5.41, 5.74) is 3.49. The number of methoxy groups -OCH3 is 1. The zero-order valence-corrected chi connectivity index (χ0v) is 10.8. The third kappa shape index (κ3) is 2.34. The predicted octanol–water partition coefficient (Wildman–Crippen LogP) is 3.07. The quantitative estimate of drug-likeness (QED) is 0.892. The summed E-state index contributed by atoms with van der Waals surface area (Å²) in [6, 6.07) is 13.0. The number of hydrogen-bond acceptors (Lipinski definition) is 2. The molecule has 2 aromatic rings. The Kier molecular flexibility index (Phi) is 3.22. The molecule has 3 rings (SSSR count). The molecule has 0 fully saturated rings. The summed E-state index contributed by atoms with van der Waals surface area (Å²) < 4.78 is 18.6. The van der Waals surface area contributed by atoms with Gasteiger partial charge >= 0.3 is 0 Å². The average molecular weight is 257 g/mol. The molecule has 0 bridgehead atoms. The van der Waals surface area contributed by atoms with Crippen molar-refractivity contribution in [2.45, 2.75) is 12.5 Å². The zero-order valence-electron chi connectivity index (χ0n) is 10.8. The Balaban J connectivity index is 2.03. The molecule has 1 aliphatic rings. The maximum atomic E-state index is 13.4. The second kappa shape index (κ2) is 5.02. The molecule has 3 heteroatoms. The van der Waals surface area contributed by atoms with Crippen molar-refractivity contribution < 1.29 is 9.13 Å². The van der Waals surface area contributed by atoms with Crippen molar-refractivity contribution >= 4 is 0 Å². The molecule has 0 saturated carbocycles. The van der Waals surface area contributed by atoms with Gasteiger partial charge in [-0.1, -0.05) is 18.2 Å². The van der Waals surface area contributed by atoms with E-state index >= 15 is 0 Å². The van der Waals surface area contributed by atoms with Gasteiger partial charge in [0.15, 0.2) is 0 Å². The maximum absolute atomic E-state index is 13.4. The molecule has 1 unspecified atom stereocenters.